The predicted molar refractivity (Wildman–Crippen MR) is 90.9 cm³/mol. The maximum atomic E-state index is 6.48. The van der Waals surface area contributed by atoms with Gasteiger partial charge in [-0.15, -0.1) is 0 Å². The molecule has 0 radical (unpaired) electrons. The zero-order valence-electron chi connectivity index (χ0n) is 13.7. The van der Waals surface area contributed by atoms with Gasteiger partial charge >= 0.3 is 0 Å². The van der Waals surface area contributed by atoms with Gasteiger partial charge in [-0.05, 0) is 50.4 Å². The van der Waals surface area contributed by atoms with Crippen LogP contribution < -0.4 is 10.2 Å². The first-order valence-corrected chi connectivity index (χ1v) is 8.01. The molecule has 2 atom stereocenters. The summed E-state index contributed by atoms with van der Waals surface area (Å²) in [5.74, 6) is 0.598. The normalized spacial score (nSPS) is 14.4. The van der Waals surface area contributed by atoms with Gasteiger partial charge in [0.2, 0.25) is 0 Å². The Labute approximate surface area is 129 Å². The summed E-state index contributed by atoms with van der Waals surface area (Å²) in [7, 11) is 2.12. The zero-order valence-corrected chi connectivity index (χ0v) is 14.5. The monoisotopic (exact) mass is 296 g/mol. The predicted octanol–water partition coefficient (Wildman–Crippen LogP) is 4.88. The largest absolute Gasteiger partial charge is 0.370 e. The van der Waals surface area contributed by atoms with Gasteiger partial charge in [0.25, 0.3) is 0 Å². The Morgan fingerprint density at radius 2 is 1.85 bits per heavy atom. The fourth-order valence-electron chi connectivity index (χ4n) is 2.22. The Balaban J connectivity index is 2.87. The van der Waals surface area contributed by atoms with E-state index in [4.69, 9.17) is 11.6 Å². The summed E-state index contributed by atoms with van der Waals surface area (Å²) in [5, 5.41) is 4.33. The van der Waals surface area contributed by atoms with Gasteiger partial charge in [0.15, 0.2) is 0 Å². The molecule has 0 aromatic heterocycles. The van der Waals surface area contributed by atoms with Crippen molar-refractivity contribution in [2.75, 3.05) is 18.5 Å². The summed E-state index contributed by atoms with van der Waals surface area (Å²) < 4.78 is 0. The van der Waals surface area contributed by atoms with Crippen molar-refractivity contribution in [3.8, 4) is 0 Å². The molecule has 1 N–H and O–H groups in total. The molecule has 0 bridgehead atoms. The summed E-state index contributed by atoms with van der Waals surface area (Å²) in [4.78, 5) is 2.26. The second-order valence-corrected chi connectivity index (χ2v) is 6.39. The fourth-order valence-corrected chi connectivity index (χ4v) is 2.55. The Bertz CT molecular complexity index is 417. The van der Waals surface area contributed by atoms with Crippen molar-refractivity contribution in [3.63, 3.8) is 0 Å². The smallest absolute Gasteiger partial charge is 0.0642 e. The molecule has 1 aromatic rings. The number of halogens is 1. The minimum Gasteiger partial charge on any atom is -0.370 e. The molecule has 0 saturated heterocycles. The van der Waals surface area contributed by atoms with Crippen molar-refractivity contribution in [1.29, 1.82) is 0 Å². The first-order chi connectivity index (χ1) is 9.38. The third-order valence-electron chi connectivity index (χ3n) is 4.13. The molecule has 0 aliphatic heterocycles. The van der Waals surface area contributed by atoms with E-state index in [0.717, 1.165) is 23.7 Å². The molecular weight excluding hydrogens is 268 g/mol. The number of hydrogen-bond donors (Lipinski definition) is 1. The van der Waals surface area contributed by atoms with Crippen LogP contribution in [0.3, 0.4) is 0 Å². The Morgan fingerprint density at radius 1 is 1.20 bits per heavy atom. The highest BCUT2D eigenvalue weighted by molar-refractivity contribution is 6.33. The summed E-state index contributed by atoms with van der Waals surface area (Å²) in [6.07, 6.45) is 1.14. The number of rotatable bonds is 7. The van der Waals surface area contributed by atoms with Gasteiger partial charge in [-0.3, -0.25) is 0 Å². The van der Waals surface area contributed by atoms with Crippen LogP contribution in [0.2, 0.25) is 5.02 Å². The van der Waals surface area contributed by atoms with E-state index in [0.29, 0.717) is 18.0 Å². The summed E-state index contributed by atoms with van der Waals surface area (Å²) >= 11 is 6.48. The lowest BCUT2D eigenvalue weighted by Gasteiger charge is -2.31. The van der Waals surface area contributed by atoms with Crippen LogP contribution >= 0.6 is 11.6 Å². The van der Waals surface area contributed by atoms with Gasteiger partial charge < -0.3 is 10.2 Å². The van der Waals surface area contributed by atoms with E-state index in [1.807, 2.05) is 0 Å². The topological polar surface area (TPSA) is 15.3 Å². The van der Waals surface area contributed by atoms with E-state index in [9.17, 15) is 0 Å². The average molecular weight is 297 g/mol. The summed E-state index contributed by atoms with van der Waals surface area (Å²) in [6.45, 7) is 12.1. The van der Waals surface area contributed by atoms with E-state index < -0.39 is 0 Å². The molecule has 2 nitrogen and oxygen atoms in total. The molecule has 0 saturated carbocycles. The Hall–Kier alpha value is -0.730. The molecule has 0 aliphatic carbocycles. The van der Waals surface area contributed by atoms with Gasteiger partial charge in [-0.2, -0.15) is 0 Å². The molecule has 0 aliphatic rings. The maximum absolute atomic E-state index is 6.48. The number of nitrogens with one attached hydrogen (secondary N) is 1. The fraction of sp³-hybridized carbons (Fsp3) is 0.647. The average Bonchev–Trinajstić information content (AvgIpc) is 2.42. The Morgan fingerprint density at radius 3 is 2.35 bits per heavy atom. The lowest BCUT2D eigenvalue weighted by molar-refractivity contribution is 0.505. The first-order valence-electron chi connectivity index (χ1n) is 7.64. The van der Waals surface area contributed by atoms with E-state index in [1.54, 1.807) is 0 Å². The van der Waals surface area contributed by atoms with Gasteiger partial charge in [0.05, 0.1) is 10.7 Å². The van der Waals surface area contributed by atoms with E-state index in [1.165, 1.54) is 5.56 Å². The SMILES string of the molecule is CCCNC(C)c1ccc(N(C)C(C)C(C)C)c(Cl)c1. The molecule has 20 heavy (non-hydrogen) atoms. The van der Waals surface area contributed by atoms with Crippen LogP contribution in [0.15, 0.2) is 18.2 Å². The van der Waals surface area contributed by atoms with Gasteiger partial charge in [-0.1, -0.05) is 38.4 Å². The first kappa shape index (κ1) is 17.3. The molecular formula is C17H29ClN2. The molecule has 1 aromatic carbocycles. The third kappa shape index (κ3) is 4.39. The number of nitrogens with zero attached hydrogens (tertiary/aromatic N) is 1. The highest BCUT2D eigenvalue weighted by atomic mass is 35.5. The second kappa shape index (κ2) is 7.90. The molecule has 114 valence electrons. The van der Waals surface area contributed by atoms with Crippen molar-refractivity contribution in [3.05, 3.63) is 28.8 Å². The van der Waals surface area contributed by atoms with E-state index in [-0.39, 0.29) is 0 Å². The number of anilines is 1. The minimum atomic E-state index is 0.342. The molecule has 3 heteroatoms. The van der Waals surface area contributed by atoms with Crippen LogP contribution in [0, 0.1) is 5.92 Å². The lowest BCUT2D eigenvalue weighted by atomic mass is 10.0. The van der Waals surface area contributed by atoms with Crippen LogP contribution in [0.4, 0.5) is 5.69 Å². The van der Waals surface area contributed by atoms with Crippen molar-refractivity contribution in [2.45, 2.75) is 53.1 Å². The van der Waals surface area contributed by atoms with Crippen molar-refractivity contribution in [1.82, 2.24) is 5.32 Å². The minimum absolute atomic E-state index is 0.342. The summed E-state index contributed by atoms with van der Waals surface area (Å²) in [6, 6.07) is 7.22. The molecule has 0 amide bonds. The third-order valence-corrected chi connectivity index (χ3v) is 4.43. The molecule has 0 spiro atoms. The van der Waals surface area contributed by atoms with Crippen LogP contribution in [0.5, 0.6) is 0 Å². The molecule has 1 rings (SSSR count). The van der Waals surface area contributed by atoms with Crippen LogP contribution in [0.1, 0.15) is 52.6 Å². The van der Waals surface area contributed by atoms with E-state index >= 15 is 0 Å². The standard InChI is InChI=1S/C17H29ClN2/c1-7-10-19-13(4)15-8-9-17(16(18)11-15)20(6)14(5)12(2)3/h8-9,11-14,19H,7,10H2,1-6H3. The molecule has 2 unspecified atom stereocenters. The van der Waals surface area contributed by atoms with Crippen molar-refractivity contribution < 1.29 is 0 Å². The number of hydrogen-bond acceptors (Lipinski definition) is 2. The Kier molecular flexibility index (Phi) is 6.84. The van der Waals surface area contributed by atoms with Gasteiger partial charge in [0, 0.05) is 19.1 Å². The highest BCUT2D eigenvalue weighted by Crippen LogP contribution is 2.30. The lowest BCUT2D eigenvalue weighted by Crippen LogP contribution is -2.33. The number of benzene rings is 1. The maximum Gasteiger partial charge on any atom is 0.0642 e. The molecule has 0 fully saturated rings. The van der Waals surface area contributed by atoms with Crippen molar-refractivity contribution in [2.24, 2.45) is 5.92 Å². The van der Waals surface area contributed by atoms with Crippen LogP contribution in [0.25, 0.3) is 0 Å². The zero-order chi connectivity index (χ0) is 15.3. The molecule has 0 heterocycles. The van der Waals surface area contributed by atoms with Crippen LogP contribution in [-0.2, 0) is 0 Å². The van der Waals surface area contributed by atoms with Crippen molar-refractivity contribution >= 4 is 17.3 Å². The van der Waals surface area contributed by atoms with E-state index in [2.05, 4.69) is 70.1 Å². The second-order valence-electron chi connectivity index (χ2n) is 5.98. The van der Waals surface area contributed by atoms with Crippen LogP contribution in [-0.4, -0.2) is 19.6 Å². The van der Waals surface area contributed by atoms with Gasteiger partial charge in [-0.25, -0.2) is 0 Å². The highest BCUT2D eigenvalue weighted by Gasteiger charge is 2.17. The van der Waals surface area contributed by atoms with Gasteiger partial charge in [0.1, 0.15) is 0 Å². The summed E-state index contributed by atoms with van der Waals surface area (Å²) in [5.41, 5.74) is 2.36. The quantitative estimate of drug-likeness (QED) is 0.771.